The number of carbonyl (C=O) groups is 2. The number of esters is 1. The number of phenolic OH excluding ortho intramolecular Hbond substituents is 1. The Kier molecular flexibility index (Phi) is 6.70. The number of rotatable bonds is 7. The summed E-state index contributed by atoms with van der Waals surface area (Å²) in [4.78, 5) is 24.4. The first kappa shape index (κ1) is 19.9. The van der Waals surface area contributed by atoms with Crippen LogP contribution in [0.1, 0.15) is 18.5 Å². The zero-order valence-electron chi connectivity index (χ0n) is 14.5. The molecule has 0 spiro atoms. The fourth-order valence-electron chi connectivity index (χ4n) is 2.60. The van der Waals surface area contributed by atoms with Crippen LogP contribution in [0.5, 0.6) is 11.5 Å². The van der Waals surface area contributed by atoms with Crippen LogP contribution in [-0.2, 0) is 14.3 Å². The monoisotopic (exact) mass is 384 g/mol. The molecule has 1 aliphatic rings. The minimum Gasteiger partial charge on any atom is -0.503 e. The fraction of sp³-hybridized carbons (Fsp3) is 0.412. The maximum atomic E-state index is 12.5. The number of methoxy groups -OCH3 is 1. The highest BCUT2D eigenvalue weighted by molar-refractivity contribution is 6.32. The third-order valence-corrected chi connectivity index (χ3v) is 4.12. The Morgan fingerprint density at radius 2 is 2.12 bits per heavy atom. The second kappa shape index (κ2) is 8.77. The zero-order valence-corrected chi connectivity index (χ0v) is 15.3. The summed E-state index contributed by atoms with van der Waals surface area (Å²) >= 11 is 6.02. The van der Waals surface area contributed by atoms with E-state index < -0.39 is 24.0 Å². The van der Waals surface area contributed by atoms with Crippen LogP contribution in [0.3, 0.4) is 0 Å². The average Bonchev–Trinajstić information content (AvgIpc) is 2.60. The van der Waals surface area contributed by atoms with Gasteiger partial charge in [0.05, 0.1) is 24.8 Å². The van der Waals surface area contributed by atoms with Crippen LogP contribution in [0.2, 0.25) is 5.02 Å². The normalized spacial score (nSPS) is 19.5. The van der Waals surface area contributed by atoms with Crippen molar-refractivity contribution in [1.29, 1.82) is 0 Å². The molecule has 0 aromatic heterocycles. The lowest BCUT2D eigenvalue weighted by atomic mass is 9.89. The second-order valence-electron chi connectivity index (χ2n) is 5.50. The lowest BCUT2D eigenvalue weighted by Gasteiger charge is -2.33. The van der Waals surface area contributed by atoms with E-state index in [2.05, 4.69) is 17.2 Å². The molecule has 9 heteroatoms. The van der Waals surface area contributed by atoms with Crippen molar-refractivity contribution in [3.8, 4) is 11.5 Å². The van der Waals surface area contributed by atoms with Crippen LogP contribution in [0.4, 0.5) is 4.79 Å². The first-order valence-electron chi connectivity index (χ1n) is 7.96. The molecule has 142 valence electrons. The van der Waals surface area contributed by atoms with E-state index in [4.69, 9.17) is 25.8 Å². The van der Waals surface area contributed by atoms with Gasteiger partial charge in [0.1, 0.15) is 12.5 Å². The largest absolute Gasteiger partial charge is 0.503 e. The standard InChI is InChI=1S/C17H21ClN2O6/c1-4-25-5-6-26-16(22)13-9(2)19-17(23)20-14(13)10-7-11(18)15(21)12(8-10)24-3/h7-8,13-14,21H,2,4-6H2,1,3H3,(H2,19,20,23)/t13-,14+/m1/s1. The molecule has 2 rings (SSSR count). The number of amides is 2. The summed E-state index contributed by atoms with van der Waals surface area (Å²) < 4.78 is 15.4. The topological polar surface area (TPSA) is 106 Å². The Hall–Kier alpha value is -2.45. The van der Waals surface area contributed by atoms with Crippen molar-refractivity contribution >= 4 is 23.6 Å². The van der Waals surface area contributed by atoms with Crippen molar-refractivity contribution in [2.45, 2.75) is 13.0 Å². The number of hydrogen-bond donors (Lipinski definition) is 3. The van der Waals surface area contributed by atoms with E-state index >= 15 is 0 Å². The van der Waals surface area contributed by atoms with Crippen LogP contribution < -0.4 is 15.4 Å². The highest BCUT2D eigenvalue weighted by atomic mass is 35.5. The van der Waals surface area contributed by atoms with Gasteiger partial charge in [0.25, 0.3) is 0 Å². The van der Waals surface area contributed by atoms with E-state index in [1.807, 2.05) is 6.92 Å². The van der Waals surface area contributed by atoms with Gasteiger partial charge in [-0.25, -0.2) is 4.79 Å². The van der Waals surface area contributed by atoms with Gasteiger partial charge in [0, 0.05) is 12.3 Å². The van der Waals surface area contributed by atoms with Crippen molar-refractivity contribution in [1.82, 2.24) is 10.6 Å². The van der Waals surface area contributed by atoms with E-state index in [1.54, 1.807) is 0 Å². The highest BCUT2D eigenvalue weighted by Gasteiger charge is 2.39. The van der Waals surface area contributed by atoms with Crippen LogP contribution in [0.25, 0.3) is 0 Å². The van der Waals surface area contributed by atoms with Gasteiger partial charge in [-0.2, -0.15) is 0 Å². The molecular formula is C17H21ClN2O6. The van der Waals surface area contributed by atoms with Crippen molar-refractivity contribution in [2.24, 2.45) is 5.92 Å². The van der Waals surface area contributed by atoms with Crippen LogP contribution in [0.15, 0.2) is 24.4 Å². The Balaban J connectivity index is 2.30. The molecule has 0 saturated carbocycles. The molecule has 1 saturated heterocycles. The predicted molar refractivity (Wildman–Crippen MR) is 94.2 cm³/mol. The van der Waals surface area contributed by atoms with Gasteiger partial charge in [-0.15, -0.1) is 0 Å². The van der Waals surface area contributed by atoms with Gasteiger partial charge in [0.15, 0.2) is 11.5 Å². The van der Waals surface area contributed by atoms with Gasteiger partial charge in [0.2, 0.25) is 0 Å². The Labute approximate surface area is 156 Å². The van der Waals surface area contributed by atoms with Gasteiger partial charge < -0.3 is 30.0 Å². The van der Waals surface area contributed by atoms with Crippen molar-refractivity contribution in [3.05, 3.63) is 35.0 Å². The molecule has 0 aliphatic carbocycles. The Morgan fingerprint density at radius 3 is 2.77 bits per heavy atom. The van der Waals surface area contributed by atoms with Gasteiger partial charge in [-0.3, -0.25) is 4.79 Å². The van der Waals surface area contributed by atoms with E-state index in [1.165, 1.54) is 19.2 Å². The molecule has 26 heavy (non-hydrogen) atoms. The average molecular weight is 385 g/mol. The summed E-state index contributed by atoms with van der Waals surface area (Å²) in [6.45, 7) is 6.45. The van der Waals surface area contributed by atoms with Gasteiger partial charge >= 0.3 is 12.0 Å². The first-order valence-corrected chi connectivity index (χ1v) is 8.33. The number of halogens is 1. The van der Waals surface area contributed by atoms with Crippen molar-refractivity contribution < 1.29 is 28.9 Å². The molecule has 3 N–H and O–H groups in total. The Morgan fingerprint density at radius 1 is 1.38 bits per heavy atom. The summed E-state index contributed by atoms with van der Waals surface area (Å²) in [7, 11) is 1.37. The number of urea groups is 1. The Bertz CT molecular complexity index is 709. The molecule has 2 atom stereocenters. The van der Waals surface area contributed by atoms with Gasteiger partial charge in [-0.1, -0.05) is 18.2 Å². The molecule has 1 aromatic rings. The molecule has 1 aliphatic heterocycles. The summed E-state index contributed by atoms with van der Waals surface area (Å²) in [5, 5.41) is 15.0. The predicted octanol–water partition coefficient (Wildman–Crippen LogP) is 2.12. The number of ether oxygens (including phenoxy) is 3. The number of hydrogen-bond acceptors (Lipinski definition) is 6. The van der Waals surface area contributed by atoms with Crippen LogP contribution in [0, 0.1) is 5.92 Å². The van der Waals surface area contributed by atoms with E-state index in [0.717, 1.165) is 0 Å². The quantitative estimate of drug-likeness (QED) is 0.491. The smallest absolute Gasteiger partial charge is 0.319 e. The molecule has 0 unspecified atom stereocenters. The van der Waals surface area contributed by atoms with E-state index in [-0.39, 0.29) is 35.4 Å². The maximum Gasteiger partial charge on any atom is 0.319 e. The van der Waals surface area contributed by atoms with Crippen LogP contribution in [-0.4, -0.2) is 44.0 Å². The number of benzene rings is 1. The second-order valence-corrected chi connectivity index (χ2v) is 5.90. The zero-order chi connectivity index (χ0) is 19.3. The molecule has 0 radical (unpaired) electrons. The lowest BCUT2D eigenvalue weighted by Crippen LogP contribution is -2.51. The van der Waals surface area contributed by atoms with E-state index in [9.17, 15) is 14.7 Å². The maximum absolute atomic E-state index is 12.5. The summed E-state index contributed by atoms with van der Waals surface area (Å²) in [6, 6.07) is 1.64. The highest BCUT2D eigenvalue weighted by Crippen LogP contribution is 2.39. The van der Waals surface area contributed by atoms with Crippen LogP contribution >= 0.6 is 11.6 Å². The SMILES string of the molecule is C=C1NC(=O)N[C@@H](c2cc(Cl)c(O)c(OC)c2)[C@@H]1C(=O)OCCOCC. The third kappa shape index (κ3) is 4.39. The molecule has 1 heterocycles. The summed E-state index contributed by atoms with van der Waals surface area (Å²) in [5.74, 6) is -1.57. The molecule has 1 aromatic carbocycles. The number of aromatic hydroxyl groups is 1. The molecule has 0 bridgehead atoms. The van der Waals surface area contributed by atoms with Gasteiger partial charge in [-0.05, 0) is 24.6 Å². The van der Waals surface area contributed by atoms with Crippen molar-refractivity contribution in [2.75, 3.05) is 26.9 Å². The molecule has 1 fully saturated rings. The minimum atomic E-state index is -0.889. The molecular weight excluding hydrogens is 364 g/mol. The van der Waals surface area contributed by atoms with Crippen molar-refractivity contribution in [3.63, 3.8) is 0 Å². The first-order chi connectivity index (χ1) is 12.4. The fourth-order valence-corrected chi connectivity index (χ4v) is 2.82. The lowest BCUT2D eigenvalue weighted by molar-refractivity contribution is -0.150. The third-order valence-electron chi connectivity index (χ3n) is 3.83. The number of phenols is 1. The molecule has 8 nitrogen and oxygen atoms in total. The summed E-state index contributed by atoms with van der Waals surface area (Å²) in [5.41, 5.74) is 0.663. The minimum absolute atomic E-state index is 0.0289. The molecule has 2 amide bonds. The number of nitrogens with one attached hydrogen (secondary N) is 2. The summed E-state index contributed by atoms with van der Waals surface area (Å²) in [6.07, 6.45) is 0. The van der Waals surface area contributed by atoms with E-state index in [0.29, 0.717) is 12.2 Å². The number of carbonyl (C=O) groups excluding carboxylic acids is 2.